The minimum absolute atomic E-state index is 0.386. The Kier molecular flexibility index (Phi) is 2.80. The third-order valence-corrected chi connectivity index (χ3v) is 4.07. The Morgan fingerprint density at radius 3 is 1.90 bits per heavy atom. The van der Waals surface area contributed by atoms with Crippen molar-refractivity contribution in [2.75, 3.05) is 0 Å². The van der Waals surface area contributed by atoms with Crippen molar-refractivity contribution in [3.05, 3.63) is 59.7 Å². The number of hydrogen-bond acceptors (Lipinski definition) is 2. The number of carbonyl (C=O) groups excluding carboxylic acids is 1. The molecule has 0 heterocycles. The fourth-order valence-corrected chi connectivity index (χ4v) is 3.19. The van der Waals surface area contributed by atoms with E-state index in [1.807, 2.05) is 62.4 Å². The molecule has 3 rings (SSSR count). The molecule has 0 unspecified atom stereocenters. The smallest absolute Gasteiger partial charge is 0.125 e. The molecule has 0 radical (unpaired) electrons. The van der Waals surface area contributed by atoms with Gasteiger partial charge in [0.15, 0.2) is 0 Å². The molecule has 102 valence electrons. The SMILES string of the molecule is CC(C)(C=O)CC1(O)c2ccccc2-c2ccccc21. The Hall–Kier alpha value is -1.93. The van der Waals surface area contributed by atoms with Crippen LogP contribution in [0.2, 0.25) is 0 Å². The second kappa shape index (κ2) is 4.29. The molecule has 0 saturated carbocycles. The van der Waals surface area contributed by atoms with Gasteiger partial charge in [-0.25, -0.2) is 0 Å². The molecular formula is C18H18O2. The molecule has 0 fully saturated rings. The first-order valence-electron chi connectivity index (χ1n) is 6.86. The molecule has 2 nitrogen and oxygen atoms in total. The van der Waals surface area contributed by atoms with Crippen molar-refractivity contribution < 1.29 is 9.90 Å². The van der Waals surface area contributed by atoms with Crippen molar-refractivity contribution in [3.8, 4) is 11.1 Å². The van der Waals surface area contributed by atoms with Gasteiger partial charge in [-0.05, 0) is 28.7 Å². The van der Waals surface area contributed by atoms with Gasteiger partial charge in [-0.1, -0.05) is 62.4 Å². The zero-order valence-electron chi connectivity index (χ0n) is 11.8. The van der Waals surface area contributed by atoms with Crippen LogP contribution >= 0.6 is 0 Å². The van der Waals surface area contributed by atoms with Gasteiger partial charge in [0.25, 0.3) is 0 Å². The van der Waals surface area contributed by atoms with Gasteiger partial charge in [-0.15, -0.1) is 0 Å². The molecule has 0 bridgehead atoms. The highest BCUT2D eigenvalue weighted by molar-refractivity contribution is 5.80. The van der Waals surface area contributed by atoms with E-state index in [0.717, 1.165) is 28.5 Å². The van der Waals surface area contributed by atoms with Gasteiger partial charge in [0.1, 0.15) is 11.9 Å². The van der Waals surface area contributed by atoms with Crippen molar-refractivity contribution in [1.29, 1.82) is 0 Å². The number of rotatable bonds is 3. The van der Waals surface area contributed by atoms with Gasteiger partial charge in [0, 0.05) is 5.41 Å². The highest BCUT2D eigenvalue weighted by Gasteiger charge is 2.44. The van der Waals surface area contributed by atoms with Crippen LogP contribution in [0.25, 0.3) is 11.1 Å². The van der Waals surface area contributed by atoms with Crippen LogP contribution in [0.1, 0.15) is 31.4 Å². The lowest BCUT2D eigenvalue weighted by Gasteiger charge is -2.32. The molecule has 0 aromatic heterocycles. The maximum Gasteiger partial charge on any atom is 0.125 e. The molecule has 0 aliphatic heterocycles. The lowest BCUT2D eigenvalue weighted by atomic mass is 9.76. The molecule has 0 spiro atoms. The summed E-state index contributed by atoms with van der Waals surface area (Å²) in [6, 6.07) is 15.8. The maximum absolute atomic E-state index is 11.3. The van der Waals surface area contributed by atoms with E-state index in [9.17, 15) is 9.90 Å². The third kappa shape index (κ3) is 1.80. The Balaban J connectivity index is 2.23. The zero-order valence-corrected chi connectivity index (χ0v) is 11.8. The van der Waals surface area contributed by atoms with Gasteiger partial charge >= 0.3 is 0 Å². The standard InChI is InChI=1S/C18H18O2/c1-17(2,12-19)11-18(20)15-9-5-3-7-13(15)14-8-4-6-10-16(14)18/h3-10,12,20H,11H2,1-2H3. The van der Waals surface area contributed by atoms with Gasteiger partial charge < -0.3 is 9.90 Å². The molecule has 0 saturated heterocycles. The van der Waals surface area contributed by atoms with E-state index in [0.29, 0.717) is 6.42 Å². The summed E-state index contributed by atoms with van der Waals surface area (Å²) in [6.45, 7) is 3.73. The number of aldehydes is 1. The average molecular weight is 266 g/mol. The molecule has 2 heteroatoms. The predicted octanol–water partition coefficient (Wildman–Crippen LogP) is 3.52. The van der Waals surface area contributed by atoms with Gasteiger partial charge in [0.05, 0.1) is 0 Å². The molecule has 1 aliphatic rings. The topological polar surface area (TPSA) is 37.3 Å². The van der Waals surface area contributed by atoms with E-state index < -0.39 is 11.0 Å². The average Bonchev–Trinajstić information content (AvgIpc) is 2.70. The van der Waals surface area contributed by atoms with Crippen LogP contribution < -0.4 is 0 Å². The predicted molar refractivity (Wildman–Crippen MR) is 79.3 cm³/mol. The van der Waals surface area contributed by atoms with Gasteiger partial charge in [-0.2, -0.15) is 0 Å². The summed E-state index contributed by atoms with van der Waals surface area (Å²) in [6.07, 6.45) is 1.31. The molecule has 0 atom stereocenters. The summed E-state index contributed by atoms with van der Waals surface area (Å²) in [5.74, 6) is 0. The van der Waals surface area contributed by atoms with Crippen LogP contribution in [-0.4, -0.2) is 11.4 Å². The third-order valence-electron chi connectivity index (χ3n) is 4.07. The highest BCUT2D eigenvalue weighted by atomic mass is 16.3. The number of fused-ring (bicyclic) bond motifs is 3. The minimum atomic E-state index is -1.09. The first-order chi connectivity index (χ1) is 9.48. The van der Waals surface area contributed by atoms with Crippen LogP contribution in [0.5, 0.6) is 0 Å². The second-order valence-electron chi connectivity index (χ2n) is 6.23. The largest absolute Gasteiger partial charge is 0.380 e. The van der Waals surface area contributed by atoms with E-state index in [4.69, 9.17) is 0 Å². The van der Waals surface area contributed by atoms with Crippen LogP contribution in [0.4, 0.5) is 0 Å². The fourth-order valence-electron chi connectivity index (χ4n) is 3.19. The molecule has 1 aliphatic carbocycles. The minimum Gasteiger partial charge on any atom is -0.380 e. The Morgan fingerprint density at radius 1 is 1.00 bits per heavy atom. The number of aliphatic hydroxyl groups is 1. The lowest BCUT2D eigenvalue weighted by Crippen LogP contribution is -2.32. The second-order valence-corrected chi connectivity index (χ2v) is 6.23. The van der Waals surface area contributed by atoms with Gasteiger partial charge in [0.2, 0.25) is 0 Å². The normalized spacial score (nSPS) is 15.6. The zero-order chi connectivity index (χ0) is 14.4. The number of carbonyl (C=O) groups is 1. The Bertz CT molecular complexity index is 625. The molecule has 1 N–H and O–H groups in total. The number of hydrogen-bond donors (Lipinski definition) is 1. The molecule has 20 heavy (non-hydrogen) atoms. The summed E-state index contributed by atoms with van der Waals surface area (Å²) in [4.78, 5) is 11.3. The molecule has 2 aromatic rings. The summed E-state index contributed by atoms with van der Waals surface area (Å²) in [5, 5.41) is 11.3. The molecule has 0 amide bonds. The quantitative estimate of drug-likeness (QED) is 0.863. The van der Waals surface area contributed by atoms with E-state index >= 15 is 0 Å². The van der Waals surface area contributed by atoms with Crippen molar-refractivity contribution >= 4 is 6.29 Å². The van der Waals surface area contributed by atoms with Crippen LogP contribution in [0.3, 0.4) is 0 Å². The van der Waals surface area contributed by atoms with Crippen molar-refractivity contribution in [2.45, 2.75) is 25.9 Å². The van der Waals surface area contributed by atoms with E-state index in [1.54, 1.807) is 0 Å². The first kappa shape index (κ1) is 13.1. The van der Waals surface area contributed by atoms with Crippen molar-refractivity contribution in [1.82, 2.24) is 0 Å². The summed E-state index contributed by atoms with van der Waals surface area (Å²) >= 11 is 0. The summed E-state index contributed by atoms with van der Waals surface area (Å²) in [5.41, 5.74) is 2.27. The summed E-state index contributed by atoms with van der Waals surface area (Å²) in [7, 11) is 0. The van der Waals surface area contributed by atoms with E-state index in [-0.39, 0.29) is 0 Å². The summed E-state index contributed by atoms with van der Waals surface area (Å²) < 4.78 is 0. The van der Waals surface area contributed by atoms with E-state index in [2.05, 4.69) is 0 Å². The molecular weight excluding hydrogens is 248 g/mol. The Morgan fingerprint density at radius 2 is 1.45 bits per heavy atom. The van der Waals surface area contributed by atoms with Crippen LogP contribution in [0, 0.1) is 5.41 Å². The van der Waals surface area contributed by atoms with Crippen molar-refractivity contribution in [2.24, 2.45) is 5.41 Å². The number of benzene rings is 2. The monoisotopic (exact) mass is 266 g/mol. The first-order valence-corrected chi connectivity index (χ1v) is 6.86. The van der Waals surface area contributed by atoms with Crippen molar-refractivity contribution in [3.63, 3.8) is 0 Å². The highest BCUT2D eigenvalue weighted by Crippen LogP contribution is 2.51. The molecule has 2 aromatic carbocycles. The van der Waals surface area contributed by atoms with Crippen LogP contribution in [-0.2, 0) is 10.4 Å². The van der Waals surface area contributed by atoms with Gasteiger partial charge in [-0.3, -0.25) is 0 Å². The fraction of sp³-hybridized carbons (Fsp3) is 0.278. The van der Waals surface area contributed by atoms with Crippen LogP contribution in [0.15, 0.2) is 48.5 Å². The lowest BCUT2D eigenvalue weighted by molar-refractivity contribution is -0.117. The van der Waals surface area contributed by atoms with E-state index in [1.165, 1.54) is 0 Å². The Labute approximate surface area is 119 Å². The maximum atomic E-state index is 11.3.